The van der Waals surface area contributed by atoms with Crippen LogP contribution in [-0.2, 0) is 26.9 Å². The highest BCUT2D eigenvalue weighted by molar-refractivity contribution is 6.00. The second-order valence-electron chi connectivity index (χ2n) is 8.21. The predicted octanol–water partition coefficient (Wildman–Crippen LogP) is 3.88. The third kappa shape index (κ3) is 5.47. The molecule has 0 radical (unpaired) electrons. The lowest BCUT2D eigenvalue weighted by Gasteiger charge is -2.29. The van der Waals surface area contributed by atoms with Crippen molar-refractivity contribution in [3.05, 3.63) is 59.2 Å². The van der Waals surface area contributed by atoms with Crippen molar-refractivity contribution in [2.45, 2.75) is 31.5 Å². The van der Waals surface area contributed by atoms with E-state index in [1.54, 1.807) is 38.4 Å². The zero-order valence-electron chi connectivity index (χ0n) is 19.0. The van der Waals surface area contributed by atoms with Crippen LogP contribution in [0, 0.1) is 0 Å². The molecule has 1 aliphatic rings. The van der Waals surface area contributed by atoms with Crippen LogP contribution in [0.25, 0.3) is 0 Å². The lowest BCUT2D eigenvalue weighted by atomic mass is 9.86. The summed E-state index contributed by atoms with van der Waals surface area (Å²) in [5.74, 6) is -1.47. The first-order chi connectivity index (χ1) is 15.5. The van der Waals surface area contributed by atoms with Crippen molar-refractivity contribution in [3.8, 4) is 5.75 Å². The summed E-state index contributed by atoms with van der Waals surface area (Å²) < 4.78 is 52.5. The van der Waals surface area contributed by atoms with Crippen molar-refractivity contribution in [2.24, 2.45) is 0 Å². The van der Waals surface area contributed by atoms with Crippen molar-refractivity contribution < 1.29 is 32.2 Å². The maximum atomic E-state index is 14.0. The highest BCUT2D eigenvalue weighted by Crippen LogP contribution is 2.43. The van der Waals surface area contributed by atoms with Crippen LogP contribution in [0.4, 0.5) is 18.9 Å². The molecule has 9 heteroatoms. The third-order valence-corrected chi connectivity index (χ3v) is 5.65. The van der Waals surface area contributed by atoms with E-state index in [0.29, 0.717) is 17.9 Å². The average molecular weight is 464 g/mol. The summed E-state index contributed by atoms with van der Waals surface area (Å²) in [5.41, 5.74) is -0.0326. The van der Waals surface area contributed by atoms with Gasteiger partial charge in [-0.1, -0.05) is 18.2 Å². The van der Waals surface area contributed by atoms with Gasteiger partial charge in [-0.2, -0.15) is 13.2 Å². The molecule has 0 unspecified atom stereocenters. The van der Waals surface area contributed by atoms with Gasteiger partial charge in [-0.25, -0.2) is 0 Å². The van der Waals surface area contributed by atoms with Crippen molar-refractivity contribution >= 4 is 17.6 Å². The minimum absolute atomic E-state index is 0.00702. The number of halogens is 3. The number of benzene rings is 2. The van der Waals surface area contributed by atoms with Crippen LogP contribution < -0.4 is 9.64 Å². The topological polar surface area (TPSA) is 59.1 Å². The van der Waals surface area contributed by atoms with E-state index in [2.05, 4.69) is 0 Å². The molecule has 0 fully saturated rings. The molecule has 0 saturated carbocycles. The first-order valence-corrected chi connectivity index (χ1v) is 10.5. The molecule has 0 saturated heterocycles. The van der Waals surface area contributed by atoms with Crippen molar-refractivity contribution in [1.29, 1.82) is 0 Å². The van der Waals surface area contributed by atoms with Gasteiger partial charge in [0, 0.05) is 31.6 Å². The molecule has 1 amide bonds. The van der Waals surface area contributed by atoms with Gasteiger partial charge in [0.2, 0.25) is 0 Å². The normalized spacial score (nSPS) is 18.7. The summed E-state index contributed by atoms with van der Waals surface area (Å²) in [6, 6.07) is 10.5. The van der Waals surface area contributed by atoms with E-state index in [0.717, 1.165) is 6.07 Å². The van der Waals surface area contributed by atoms with Gasteiger partial charge in [-0.3, -0.25) is 9.59 Å². The van der Waals surface area contributed by atoms with Crippen LogP contribution in [0.3, 0.4) is 0 Å². The third-order valence-electron chi connectivity index (χ3n) is 5.65. The molecule has 3 rings (SSSR count). The zero-order valence-corrected chi connectivity index (χ0v) is 19.0. The minimum atomic E-state index is -4.60. The Morgan fingerprint density at radius 3 is 2.36 bits per heavy atom. The lowest BCUT2D eigenvalue weighted by molar-refractivity contribution is -0.154. The van der Waals surface area contributed by atoms with Crippen molar-refractivity contribution in [2.75, 3.05) is 39.2 Å². The maximum Gasteiger partial charge on any atom is 0.416 e. The van der Waals surface area contributed by atoms with Gasteiger partial charge in [0.25, 0.3) is 5.91 Å². The summed E-state index contributed by atoms with van der Waals surface area (Å²) in [7, 11) is 5.11. The number of likely N-dealkylation sites (N-methyl/N-ethyl adjacent to an activating group) is 1. The molecule has 1 heterocycles. The van der Waals surface area contributed by atoms with Gasteiger partial charge in [0.15, 0.2) is 6.10 Å². The zero-order chi connectivity index (χ0) is 24.3. The second kappa shape index (κ2) is 9.82. The number of fused-ring (bicyclic) bond motifs is 1. The first kappa shape index (κ1) is 24.6. The summed E-state index contributed by atoms with van der Waals surface area (Å²) in [4.78, 5) is 28.7. The highest BCUT2D eigenvalue weighted by Gasteiger charge is 2.43. The Morgan fingerprint density at radius 2 is 1.82 bits per heavy atom. The minimum Gasteiger partial charge on any atom is -0.497 e. The SMILES string of the molecule is COc1ccc([C@H]2Cc3c(cccc3C(F)(F)F)N(CCN(C)C)C(=O)[C@@H]2OC(C)=O)cc1. The van der Waals surface area contributed by atoms with Gasteiger partial charge in [0.1, 0.15) is 5.75 Å². The number of amides is 1. The number of anilines is 1. The molecule has 2 atom stereocenters. The molecular weight excluding hydrogens is 437 g/mol. The fourth-order valence-electron chi connectivity index (χ4n) is 4.06. The molecule has 6 nitrogen and oxygen atoms in total. The van der Waals surface area contributed by atoms with Gasteiger partial charge in [0.05, 0.1) is 12.7 Å². The molecule has 0 N–H and O–H groups in total. The fraction of sp³-hybridized carbons (Fsp3) is 0.417. The number of hydrogen-bond donors (Lipinski definition) is 0. The lowest BCUT2D eigenvalue weighted by Crippen LogP contribution is -2.45. The summed E-state index contributed by atoms with van der Waals surface area (Å²) in [6.45, 7) is 1.75. The average Bonchev–Trinajstić information content (AvgIpc) is 2.86. The second-order valence-corrected chi connectivity index (χ2v) is 8.21. The number of carbonyl (C=O) groups excluding carboxylic acids is 2. The summed E-state index contributed by atoms with van der Waals surface area (Å²) >= 11 is 0. The molecule has 0 spiro atoms. The van der Waals surface area contributed by atoms with E-state index in [-0.39, 0.29) is 24.2 Å². The molecule has 2 aromatic rings. The number of nitrogens with zero attached hydrogens (tertiary/aromatic N) is 2. The highest BCUT2D eigenvalue weighted by atomic mass is 19.4. The van der Waals surface area contributed by atoms with E-state index in [9.17, 15) is 22.8 Å². The molecule has 0 aromatic heterocycles. The molecule has 1 aliphatic heterocycles. The Bertz CT molecular complexity index is 1010. The number of alkyl halides is 3. The first-order valence-electron chi connectivity index (χ1n) is 10.5. The van der Waals surface area contributed by atoms with Crippen LogP contribution in [0.5, 0.6) is 5.75 Å². The van der Waals surface area contributed by atoms with Crippen LogP contribution in [-0.4, -0.2) is 57.2 Å². The van der Waals surface area contributed by atoms with Crippen LogP contribution in [0.1, 0.15) is 29.5 Å². The largest absolute Gasteiger partial charge is 0.497 e. The molecular formula is C24H27F3N2O4. The van der Waals surface area contributed by atoms with Gasteiger partial charge < -0.3 is 19.3 Å². The van der Waals surface area contributed by atoms with E-state index < -0.39 is 35.6 Å². The standard InChI is InChI=1S/C24H27F3N2O4/c1-15(30)33-22-18(16-8-10-17(32-4)11-9-16)14-19-20(24(25,26)27)6-5-7-21(19)29(23(22)31)13-12-28(2)3/h5-11,18,22H,12-14H2,1-4H3/t18-,22-/m1/s1. The fourth-order valence-corrected chi connectivity index (χ4v) is 4.06. The van der Waals surface area contributed by atoms with E-state index in [4.69, 9.17) is 9.47 Å². The van der Waals surface area contributed by atoms with Crippen LogP contribution in [0.15, 0.2) is 42.5 Å². The van der Waals surface area contributed by atoms with Crippen molar-refractivity contribution in [3.63, 3.8) is 0 Å². The monoisotopic (exact) mass is 464 g/mol. The molecule has 0 bridgehead atoms. The summed E-state index contributed by atoms with van der Waals surface area (Å²) in [6.07, 6.45) is -6.00. The number of rotatable bonds is 6. The Hall–Kier alpha value is -3.07. The number of carbonyl (C=O) groups is 2. The van der Waals surface area contributed by atoms with Gasteiger partial charge in [-0.05, 0) is 55.9 Å². The van der Waals surface area contributed by atoms with Crippen LogP contribution >= 0.6 is 0 Å². The van der Waals surface area contributed by atoms with Crippen molar-refractivity contribution in [1.82, 2.24) is 4.90 Å². The number of hydrogen-bond acceptors (Lipinski definition) is 5. The smallest absolute Gasteiger partial charge is 0.416 e. The molecule has 33 heavy (non-hydrogen) atoms. The number of esters is 1. The molecule has 2 aromatic carbocycles. The summed E-state index contributed by atoms with van der Waals surface area (Å²) in [5, 5.41) is 0. The quantitative estimate of drug-likeness (QED) is 0.608. The predicted molar refractivity (Wildman–Crippen MR) is 117 cm³/mol. The Kier molecular flexibility index (Phi) is 7.31. The molecule has 0 aliphatic carbocycles. The van der Waals surface area contributed by atoms with E-state index in [1.807, 2.05) is 4.90 Å². The maximum absolute atomic E-state index is 14.0. The Labute approximate surface area is 190 Å². The van der Waals surface area contributed by atoms with Crippen LogP contribution in [0.2, 0.25) is 0 Å². The van der Waals surface area contributed by atoms with E-state index in [1.165, 1.54) is 31.1 Å². The van der Waals surface area contributed by atoms with Gasteiger partial charge in [-0.15, -0.1) is 0 Å². The number of methoxy groups -OCH3 is 1. The van der Waals surface area contributed by atoms with Gasteiger partial charge >= 0.3 is 12.1 Å². The Morgan fingerprint density at radius 1 is 1.15 bits per heavy atom. The molecule has 178 valence electrons. The Balaban J connectivity index is 2.20. The number of ether oxygens (including phenoxy) is 2. The van der Waals surface area contributed by atoms with E-state index >= 15 is 0 Å².